The zero-order chi connectivity index (χ0) is 7.33. The second kappa shape index (κ2) is 3.29. The van der Waals surface area contributed by atoms with Gasteiger partial charge in [-0.05, 0) is 11.8 Å². The molecule has 1 nitrogen and oxygen atoms in total. The summed E-state index contributed by atoms with van der Waals surface area (Å²) >= 11 is 0. The van der Waals surface area contributed by atoms with Gasteiger partial charge in [-0.25, -0.2) is 0 Å². The summed E-state index contributed by atoms with van der Waals surface area (Å²) in [4.78, 5) is 0. The molecule has 0 fully saturated rings. The highest BCUT2D eigenvalue weighted by Gasteiger charge is 2.05. The molecular formula is C8H13N. The van der Waals surface area contributed by atoms with E-state index in [9.17, 15) is 0 Å². The first-order chi connectivity index (χ1) is 4.06. The fraction of sp³-hybridized carbons (Fsp3) is 0.625. The third kappa shape index (κ3) is 7.23. The van der Waals surface area contributed by atoms with Crippen LogP contribution in [0.1, 0.15) is 27.2 Å². The van der Waals surface area contributed by atoms with Gasteiger partial charge in [-0.15, -0.1) is 0 Å². The molecule has 0 amide bonds. The molecule has 0 aromatic carbocycles. The molecule has 0 N–H and O–H groups in total. The minimum atomic E-state index is 0.313. The molecule has 0 saturated heterocycles. The Morgan fingerprint density at radius 3 is 2.33 bits per heavy atom. The van der Waals surface area contributed by atoms with E-state index in [1.807, 2.05) is 12.1 Å². The molecule has 0 saturated carbocycles. The number of nitriles is 1. The van der Waals surface area contributed by atoms with E-state index in [0.717, 1.165) is 6.42 Å². The van der Waals surface area contributed by atoms with Crippen molar-refractivity contribution in [1.82, 2.24) is 0 Å². The highest BCUT2D eigenvalue weighted by molar-refractivity contribution is 5.02. The minimum Gasteiger partial charge on any atom is -0.193 e. The molecule has 0 aliphatic carbocycles. The molecule has 0 rings (SSSR count). The predicted molar refractivity (Wildman–Crippen MR) is 38.8 cm³/mol. The molecule has 0 aliphatic rings. The monoisotopic (exact) mass is 123 g/mol. The fourth-order valence-corrected chi connectivity index (χ4v) is 0.465. The van der Waals surface area contributed by atoms with E-state index in [1.165, 1.54) is 6.08 Å². The minimum absolute atomic E-state index is 0.313. The Bertz CT molecular complexity index is 132. The van der Waals surface area contributed by atoms with Crippen LogP contribution in [0.15, 0.2) is 12.2 Å². The van der Waals surface area contributed by atoms with Gasteiger partial charge in [-0.1, -0.05) is 26.8 Å². The summed E-state index contributed by atoms with van der Waals surface area (Å²) in [5.41, 5.74) is 0.313. The highest BCUT2D eigenvalue weighted by Crippen LogP contribution is 2.18. The molecule has 0 unspecified atom stereocenters. The van der Waals surface area contributed by atoms with Crippen molar-refractivity contribution >= 4 is 0 Å². The standard InChI is InChI=1S/C8H13N/c1-8(2,3)6-4-5-7-9/h4-5H,6H2,1-3H3/b5-4-. The van der Waals surface area contributed by atoms with E-state index >= 15 is 0 Å². The van der Waals surface area contributed by atoms with Gasteiger partial charge in [0.2, 0.25) is 0 Å². The first-order valence-corrected chi connectivity index (χ1v) is 3.11. The highest BCUT2D eigenvalue weighted by atomic mass is 14.2. The Morgan fingerprint density at radius 2 is 2.00 bits per heavy atom. The second-order valence-electron chi connectivity index (χ2n) is 3.30. The van der Waals surface area contributed by atoms with Gasteiger partial charge >= 0.3 is 0 Å². The van der Waals surface area contributed by atoms with Gasteiger partial charge < -0.3 is 0 Å². The molecule has 50 valence electrons. The number of hydrogen-bond acceptors (Lipinski definition) is 1. The van der Waals surface area contributed by atoms with Crippen molar-refractivity contribution in [1.29, 1.82) is 5.26 Å². The van der Waals surface area contributed by atoms with Gasteiger partial charge in [0.25, 0.3) is 0 Å². The predicted octanol–water partition coefficient (Wildman–Crippen LogP) is 2.50. The summed E-state index contributed by atoms with van der Waals surface area (Å²) in [6.07, 6.45) is 4.41. The molecule has 0 bridgehead atoms. The van der Waals surface area contributed by atoms with Gasteiger partial charge in [0.05, 0.1) is 6.07 Å². The van der Waals surface area contributed by atoms with E-state index in [1.54, 1.807) is 0 Å². The molecule has 0 aromatic heterocycles. The molecule has 1 heteroatoms. The van der Waals surface area contributed by atoms with Gasteiger partial charge in [-0.2, -0.15) is 5.26 Å². The number of hydrogen-bond donors (Lipinski definition) is 0. The van der Waals surface area contributed by atoms with Gasteiger partial charge in [0, 0.05) is 6.08 Å². The van der Waals surface area contributed by atoms with Crippen LogP contribution in [0.2, 0.25) is 0 Å². The molecule has 0 aromatic rings. The van der Waals surface area contributed by atoms with E-state index in [0.29, 0.717) is 5.41 Å². The van der Waals surface area contributed by atoms with Crippen LogP contribution < -0.4 is 0 Å². The number of allylic oxidation sites excluding steroid dienone is 2. The molecular weight excluding hydrogens is 110 g/mol. The molecule has 0 heterocycles. The molecule has 9 heavy (non-hydrogen) atoms. The smallest absolute Gasteiger partial charge is 0.0908 e. The Balaban J connectivity index is 3.54. The SMILES string of the molecule is CC(C)(C)C/C=C\C#N. The van der Waals surface area contributed by atoms with Crippen LogP contribution in [-0.4, -0.2) is 0 Å². The van der Waals surface area contributed by atoms with Crippen molar-refractivity contribution in [2.24, 2.45) is 5.41 Å². The third-order valence-corrected chi connectivity index (χ3v) is 0.923. The van der Waals surface area contributed by atoms with Crippen LogP contribution in [0.5, 0.6) is 0 Å². The lowest BCUT2D eigenvalue weighted by Crippen LogP contribution is -2.01. The van der Waals surface area contributed by atoms with Crippen molar-refractivity contribution in [3.63, 3.8) is 0 Å². The number of nitrogens with zero attached hydrogens (tertiary/aromatic N) is 1. The van der Waals surface area contributed by atoms with Crippen LogP contribution in [0.25, 0.3) is 0 Å². The summed E-state index contributed by atoms with van der Waals surface area (Å²) in [5.74, 6) is 0. The topological polar surface area (TPSA) is 23.8 Å². The normalized spacial score (nSPS) is 11.8. The van der Waals surface area contributed by atoms with Crippen molar-refractivity contribution in [2.75, 3.05) is 0 Å². The van der Waals surface area contributed by atoms with Crippen LogP contribution in [0.4, 0.5) is 0 Å². The summed E-state index contributed by atoms with van der Waals surface area (Å²) < 4.78 is 0. The maximum Gasteiger partial charge on any atom is 0.0908 e. The van der Waals surface area contributed by atoms with Crippen molar-refractivity contribution in [3.8, 4) is 6.07 Å². The van der Waals surface area contributed by atoms with Gasteiger partial charge in [0.1, 0.15) is 0 Å². The molecule has 0 spiro atoms. The third-order valence-electron chi connectivity index (χ3n) is 0.923. The Morgan fingerprint density at radius 1 is 1.44 bits per heavy atom. The summed E-state index contributed by atoms with van der Waals surface area (Å²) in [7, 11) is 0. The van der Waals surface area contributed by atoms with Crippen molar-refractivity contribution < 1.29 is 0 Å². The molecule has 0 atom stereocenters. The lowest BCUT2D eigenvalue weighted by molar-refractivity contribution is 0.420. The first kappa shape index (κ1) is 8.23. The van der Waals surface area contributed by atoms with Gasteiger partial charge in [0.15, 0.2) is 0 Å². The van der Waals surface area contributed by atoms with Crippen molar-refractivity contribution in [2.45, 2.75) is 27.2 Å². The van der Waals surface area contributed by atoms with E-state index in [2.05, 4.69) is 20.8 Å². The zero-order valence-electron chi connectivity index (χ0n) is 6.31. The summed E-state index contributed by atoms with van der Waals surface area (Å²) in [5, 5.41) is 8.13. The Kier molecular flexibility index (Phi) is 3.01. The maximum absolute atomic E-state index is 8.13. The summed E-state index contributed by atoms with van der Waals surface area (Å²) in [6, 6.07) is 1.96. The lowest BCUT2D eigenvalue weighted by atomic mass is 9.92. The zero-order valence-corrected chi connectivity index (χ0v) is 6.31. The van der Waals surface area contributed by atoms with Crippen LogP contribution in [0.3, 0.4) is 0 Å². The van der Waals surface area contributed by atoms with E-state index < -0.39 is 0 Å². The average Bonchev–Trinajstić information content (AvgIpc) is 1.63. The van der Waals surface area contributed by atoms with E-state index in [-0.39, 0.29) is 0 Å². The van der Waals surface area contributed by atoms with Crippen LogP contribution >= 0.6 is 0 Å². The largest absolute Gasteiger partial charge is 0.193 e. The van der Waals surface area contributed by atoms with Gasteiger partial charge in [-0.3, -0.25) is 0 Å². The lowest BCUT2D eigenvalue weighted by Gasteiger charge is -2.13. The summed E-state index contributed by atoms with van der Waals surface area (Å²) in [6.45, 7) is 6.44. The van der Waals surface area contributed by atoms with Crippen LogP contribution in [-0.2, 0) is 0 Å². The maximum atomic E-state index is 8.13. The van der Waals surface area contributed by atoms with Crippen molar-refractivity contribution in [3.05, 3.63) is 12.2 Å². The second-order valence-corrected chi connectivity index (χ2v) is 3.30. The Labute approximate surface area is 57.0 Å². The number of rotatable bonds is 1. The van der Waals surface area contributed by atoms with Crippen LogP contribution in [0, 0.1) is 16.7 Å². The van der Waals surface area contributed by atoms with E-state index in [4.69, 9.17) is 5.26 Å². The molecule has 0 radical (unpaired) electrons. The first-order valence-electron chi connectivity index (χ1n) is 3.11. The quantitative estimate of drug-likeness (QED) is 0.491. The average molecular weight is 123 g/mol. The fourth-order valence-electron chi connectivity index (χ4n) is 0.465. The molecule has 0 aliphatic heterocycles. The Hall–Kier alpha value is -0.770.